The van der Waals surface area contributed by atoms with E-state index in [1.807, 2.05) is 13.8 Å². The molecule has 3 aromatic carbocycles. The second-order valence-electron chi connectivity index (χ2n) is 14.2. The normalized spacial score (nSPS) is 17.7. The van der Waals surface area contributed by atoms with Crippen molar-refractivity contribution in [1.29, 1.82) is 5.26 Å². The van der Waals surface area contributed by atoms with Crippen molar-refractivity contribution in [3.63, 3.8) is 0 Å². The van der Waals surface area contributed by atoms with Crippen LogP contribution in [0.5, 0.6) is 0 Å². The predicted octanol–water partition coefficient (Wildman–Crippen LogP) is 6.99. The number of piperidine rings is 1. The highest BCUT2D eigenvalue weighted by atomic mass is 16.5. The van der Waals surface area contributed by atoms with Crippen molar-refractivity contribution in [2.75, 3.05) is 30.4 Å². The first-order chi connectivity index (χ1) is 25.0. The monoisotopic (exact) mass is 698 g/mol. The molecule has 7 rings (SSSR count). The van der Waals surface area contributed by atoms with Crippen molar-refractivity contribution in [3.8, 4) is 17.2 Å². The Morgan fingerprint density at radius 3 is 2.38 bits per heavy atom. The quantitative estimate of drug-likeness (QED) is 0.123. The van der Waals surface area contributed by atoms with Gasteiger partial charge in [0.15, 0.2) is 0 Å². The molecule has 1 unspecified atom stereocenters. The van der Waals surface area contributed by atoms with Gasteiger partial charge in [0.2, 0.25) is 5.91 Å². The van der Waals surface area contributed by atoms with Gasteiger partial charge in [-0.05, 0) is 112 Å². The zero-order valence-corrected chi connectivity index (χ0v) is 30.0. The molecule has 0 spiro atoms. The van der Waals surface area contributed by atoms with E-state index >= 15 is 0 Å². The van der Waals surface area contributed by atoms with Crippen LogP contribution in [0.25, 0.3) is 11.1 Å². The molecule has 1 aliphatic carbocycles. The molecule has 52 heavy (non-hydrogen) atoms. The average molecular weight is 699 g/mol. The summed E-state index contributed by atoms with van der Waals surface area (Å²) in [5.41, 5.74) is 8.20. The van der Waals surface area contributed by atoms with Crippen LogP contribution in [-0.2, 0) is 15.0 Å². The number of imide groups is 2. The first kappa shape index (κ1) is 34.7. The molecule has 3 aliphatic rings. The first-order valence-corrected chi connectivity index (χ1v) is 17.9. The summed E-state index contributed by atoms with van der Waals surface area (Å²) in [6.45, 7) is 7.45. The lowest BCUT2D eigenvalue weighted by Gasteiger charge is -2.32. The summed E-state index contributed by atoms with van der Waals surface area (Å²) < 4.78 is 5.48. The Bertz CT molecular complexity index is 2110. The maximum Gasteiger partial charge on any atom is 0.262 e. The molecule has 0 bridgehead atoms. The molecular formula is C41H42N6O5. The standard InChI is InChI=1S/C41H42N6O5/c1-25-8-9-28(37-26(2)44-52-27(37)3)22-35(25)46(31-13-10-29(11-14-31)41(24-42)18-19-41)21-7-5-6-20-43-30-12-15-32-33(23-30)39(50)47(38(32)49)34-16-17-36(48)45(4)40(34)51/h8-15,22-23,34,43H,5-7,16-21H2,1-4H3. The maximum atomic E-state index is 13.3. The van der Waals surface area contributed by atoms with E-state index in [-0.39, 0.29) is 35.3 Å². The molecule has 2 fully saturated rings. The molecule has 1 N–H and O–H groups in total. The number of unbranched alkanes of at least 4 members (excludes halogenated alkanes) is 2. The number of hydrogen-bond donors (Lipinski definition) is 1. The van der Waals surface area contributed by atoms with Gasteiger partial charge in [-0.3, -0.25) is 29.0 Å². The van der Waals surface area contributed by atoms with Gasteiger partial charge in [0.25, 0.3) is 17.7 Å². The number of hydrogen-bond acceptors (Lipinski definition) is 9. The molecular weight excluding hydrogens is 656 g/mol. The van der Waals surface area contributed by atoms with Crippen LogP contribution in [0.1, 0.15) is 88.2 Å². The van der Waals surface area contributed by atoms with Crippen LogP contribution in [0.2, 0.25) is 0 Å². The Morgan fingerprint density at radius 2 is 1.69 bits per heavy atom. The molecule has 266 valence electrons. The highest BCUT2D eigenvalue weighted by molar-refractivity contribution is 6.23. The first-order valence-electron chi connectivity index (χ1n) is 17.9. The lowest BCUT2D eigenvalue weighted by molar-refractivity contribution is -0.149. The van der Waals surface area contributed by atoms with Gasteiger partial charge < -0.3 is 14.7 Å². The minimum atomic E-state index is -0.974. The third-order valence-corrected chi connectivity index (χ3v) is 10.8. The molecule has 4 aromatic rings. The summed E-state index contributed by atoms with van der Waals surface area (Å²) in [6.07, 6.45) is 4.78. The molecule has 3 heterocycles. The summed E-state index contributed by atoms with van der Waals surface area (Å²) in [4.78, 5) is 55.6. The van der Waals surface area contributed by atoms with Crippen molar-refractivity contribution in [2.24, 2.45) is 0 Å². The number of likely N-dealkylation sites (tertiary alicyclic amines) is 1. The summed E-state index contributed by atoms with van der Waals surface area (Å²) >= 11 is 0. The van der Waals surface area contributed by atoms with E-state index in [0.29, 0.717) is 6.54 Å². The lowest BCUT2D eigenvalue weighted by atomic mass is 9.97. The van der Waals surface area contributed by atoms with Gasteiger partial charge in [-0.25, -0.2) is 0 Å². The molecule has 11 heteroatoms. The second-order valence-corrected chi connectivity index (χ2v) is 14.2. The van der Waals surface area contributed by atoms with E-state index in [1.54, 1.807) is 18.2 Å². The van der Waals surface area contributed by atoms with Gasteiger partial charge in [-0.1, -0.05) is 29.4 Å². The van der Waals surface area contributed by atoms with Gasteiger partial charge in [-0.2, -0.15) is 5.26 Å². The van der Waals surface area contributed by atoms with E-state index in [9.17, 15) is 24.4 Å². The number of nitrogens with one attached hydrogen (secondary N) is 1. The molecule has 1 aromatic heterocycles. The summed E-state index contributed by atoms with van der Waals surface area (Å²) in [6, 6.07) is 21.5. The number of aromatic nitrogens is 1. The summed E-state index contributed by atoms with van der Waals surface area (Å²) in [5, 5.41) is 17.3. The number of amides is 4. The molecule has 11 nitrogen and oxygen atoms in total. The van der Waals surface area contributed by atoms with E-state index in [1.165, 1.54) is 7.05 Å². The van der Waals surface area contributed by atoms with E-state index in [0.717, 1.165) is 99.2 Å². The van der Waals surface area contributed by atoms with Crippen LogP contribution in [0.4, 0.5) is 17.1 Å². The van der Waals surface area contributed by atoms with Crippen LogP contribution in [-0.4, -0.2) is 64.8 Å². The topological polar surface area (TPSA) is 140 Å². The van der Waals surface area contributed by atoms with Crippen molar-refractivity contribution in [2.45, 2.75) is 77.2 Å². The fraction of sp³-hybridized carbons (Fsp3) is 0.366. The van der Waals surface area contributed by atoms with Crippen molar-refractivity contribution in [1.82, 2.24) is 15.0 Å². The largest absolute Gasteiger partial charge is 0.385 e. The summed E-state index contributed by atoms with van der Waals surface area (Å²) in [7, 11) is 1.38. The van der Waals surface area contributed by atoms with Crippen molar-refractivity contribution >= 4 is 40.7 Å². The van der Waals surface area contributed by atoms with Crippen LogP contribution in [0.15, 0.2) is 65.2 Å². The molecule has 1 saturated carbocycles. The van der Waals surface area contributed by atoms with Gasteiger partial charge in [0.05, 0.1) is 28.3 Å². The Labute approximate surface area is 303 Å². The van der Waals surface area contributed by atoms with Gasteiger partial charge >= 0.3 is 0 Å². The zero-order chi connectivity index (χ0) is 36.7. The van der Waals surface area contributed by atoms with Gasteiger partial charge in [-0.15, -0.1) is 0 Å². The fourth-order valence-corrected chi connectivity index (χ4v) is 7.48. The maximum absolute atomic E-state index is 13.3. The van der Waals surface area contributed by atoms with Crippen molar-refractivity contribution in [3.05, 3.63) is 94.4 Å². The number of carbonyl (C=O) groups is 4. The number of nitriles is 1. The number of anilines is 3. The molecule has 1 atom stereocenters. The van der Waals surface area contributed by atoms with E-state index in [2.05, 4.69) is 70.8 Å². The Kier molecular flexibility index (Phi) is 9.17. The molecule has 2 aliphatic heterocycles. The van der Waals surface area contributed by atoms with Crippen molar-refractivity contribution < 1.29 is 23.7 Å². The van der Waals surface area contributed by atoms with Crippen LogP contribution in [0, 0.1) is 32.1 Å². The number of rotatable bonds is 12. The number of carbonyl (C=O) groups excluding carboxylic acids is 4. The number of nitrogens with zero attached hydrogens (tertiary/aromatic N) is 5. The number of aryl methyl sites for hydroxylation is 3. The molecule has 1 saturated heterocycles. The predicted molar refractivity (Wildman–Crippen MR) is 196 cm³/mol. The smallest absolute Gasteiger partial charge is 0.262 e. The summed E-state index contributed by atoms with van der Waals surface area (Å²) in [5.74, 6) is -1.08. The number of benzene rings is 3. The molecule has 0 radical (unpaired) electrons. The van der Waals surface area contributed by atoms with Crippen LogP contribution < -0.4 is 10.2 Å². The second kappa shape index (κ2) is 13.8. The average Bonchev–Trinajstić information content (AvgIpc) is 3.83. The van der Waals surface area contributed by atoms with Gasteiger partial charge in [0, 0.05) is 49.2 Å². The Balaban J connectivity index is 1.01. The van der Waals surface area contributed by atoms with E-state index < -0.39 is 23.8 Å². The third-order valence-electron chi connectivity index (χ3n) is 10.8. The number of fused-ring (bicyclic) bond motifs is 1. The van der Waals surface area contributed by atoms with Crippen LogP contribution in [0.3, 0.4) is 0 Å². The molecule has 4 amide bonds. The zero-order valence-electron chi connectivity index (χ0n) is 30.0. The Hall–Kier alpha value is -5.76. The third kappa shape index (κ3) is 6.23. The fourth-order valence-electron chi connectivity index (χ4n) is 7.48. The minimum Gasteiger partial charge on any atom is -0.385 e. The lowest BCUT2D eigenvalue weighted by Crippen LogP contribution is -2.54. The van der Waals surface area contributed by atoms with Gasteiger partial charge in [0.1, 0.15) is 11.8 Å². The SMILES string of the molecule is Cc1ccc(-c2c(C)noc2C)cc1N(CCCCCNc1ccc2c(c1)C(=O)N(C1CCC(=O)N(C)C1=O)C2=O)c1ccc(C2(C#N)CC2)cc1. The van der Waals surface area contributed by atoms with Crippen LogP contribution >= 0.6 is 0 Å². The number of likely N-dealkylation sites (N-methyl/N-ethyl adjacent to an activating group) is 1. The highest BCUT2D eigenvalue weighted by Crippen LogP contribution is 2.48. The highest BCUT2D eigenvalue weighted by Gasteiger charge is 2.46. The van der Waals surface area contributed by atoms with E-state index in [4.69, 9.17) is 4.52 Å². The Morgan fingerprint density at radius 1 is 0.942 bits per heavy atom. The minimum absolute atomic E-state index is 0.106.